The molecule has 28 heteroatoms. The second-order valence-electron chi connectivity index (χ2n) is 21.0. The minimum Gasteiger partial charge on any atom is -0.504 e. The van der Waals surface area contributed by atoms with E-state index in [4.69, 9.17) is 53.7 Å². The molecule has 2 atom stereocenters. The molecule has 9 rings (SSSR count). The van der Waals surface area contributed by atoms with Gasteiger partial charge in [0.15, 0.2) is 16.8 Å². The normalized spacial score (nSPS) is 14.5. The molecule has 3 aromatic heterocycles. The number of carbonyl (C=O) groups excluding carboxylic acids is 4. The van der Waals surface area contributed by atoms with Crippen molar-refractivity contribution in [3.8, 4) is 45.3 Å². The Bertz CT molecular complexity index is 3650. The molecule has 2 aliphatic heterocycles. The first kappa shape index (κ1) is 68.1. The predicted octanol–water partition coefficient (Wildman–Crippen LogP) is 7.48. The van der Waals surface area contributed by atoms with E-state index in [1.807, 2.05) is 83.5 Å². The van der Waals surface area contributed by atoms with Crippen LogP contribution in [0.1, 0.15) is 63.1 Å². The number of aromatic nitrogens is 6. The molecule has 91 heavy (non-hydrogen) atoms. The number of benzene rings is 4. The molecule has 0 aliphatic carbocycles. The van der Waals surface area contributed by atoms with Crippen molar-refractivity contribution in [1.29, 1.82) is 0 Å². The van der Waals surface area contributed by atoms with Crippen LogP contribution >= 0.6 is 18.5 Å². The number of nitrogens with one attached hydrogen (secondary N) is 1. The third kappa shape index (κ3) is 19.6. The van der Waals surface area contributed by atoms with Gasteiger partial charge in [-0.1, -0.05) is 96.1 Å². The van der Waals surface area contributed by atoms with E-state index >= 15 is 0 Å². The van der Waals surface area contributed by atoms with Gasteiger partial charge in [0.2, 0.25) is 29.4 Å². The number of hydrogen-bond acceptors (Lipinski definition) is 21. The summed E-state index contributed by atoms with van der Waals surface area (Å²) in [5, 5.41) is 30.7. The molecule has 0 spiro atoms. The minimum atomic E-state index is -3.17. The SMILES string of the molecule is CCOP(O)(=S)OCCCCCCSC1CC(=O)N(CCC(=O)NCCC(=O)N2Cc3ccccc3-c3c(nnn3CCOCCOCCOCCOCCOCCn3cc(COc4c(O)ccc5c(=O)cc(-c6ccccc6)oc45)nn3)-c3ccccc32)C1=O. The molecule has 5 heterocycles. The quantitative estimate of drug-likeness (QED) is 0.0191. The van der Waals surface area contributed by atoms with Crippen molar-refractivity contribution in [3.63, 3.8) is 0 Å². The summed E-state index contributed by atoms with van der Waals surface area (Å²) in [5.74, 6) is -0.235. The van der Waals surface area contributed by atoms with Crippen LogP contribution in [0.5, 0.6) is 11.5 Å². The van der Waals surface area contributed by atoms with Crippen molar-refractivity contribution < 1.29 is 71.1 Å². The molecule has 0 radical (unpaired) electrons. The van der Waals surface area contributed by atoms with Crippen molar-refractivity contribution in [2.45, 2.75) is 83.4 Å². The van der Waals surface area contributed by atoms with Gasteiger partial charge < -0.3 is 62.1 Å². The van der Waals surface area contributed by atoms with Gasteiger partial charge in [-0.05, 0) is 61.1 Å². The first-order valence-electron chi connectivity index (χ1n) is 30.4. The average molecular weight is 1310 g/mol. The summed E-state index contributed by atoms with van der Waals surface area (Å²) >= 11 is 6.37. The Kier molecular flexibility index (Phi) is 26.2. The van der Waals surface area contributed by atoms with Crippen LogP contribution in [-0.4, -0.2) is 172 Å². The number of nitrogens with zero attached hydrogens (tertiary/aromatic N) is 8. The van der Waals surface area contributed by atoms with Gasteiger partial charge in [0.05, 0.1) is 127 Å². The highest BCUT2D eigenvalue weighted by Gasteiger charge is 2.39. The number of para-hydroxylation sites is 1. The molecule has 2 aliphatic rings. The zero-order valence-electron chi connectivity index (χ0n) is 50.7. The maximum absolute atomic E-state index is 14.1. The van der Waals surface area contributed by atoms with Gasteiger partial charge in [-0.3, -0.25) is 28.9 Å². The van der Waals surface area contributed by atoms with Gasteiger partial charge in [-0.2, -0.15) is 0 Å². The molecule has 3 N–H and O–H groups in total. The number of anilines is 1. The van der Waals surface area contributed by atoms with Gasteiger partial charge in [-0.25, -0.2) is 9.36 Å². The first-order chi connectivity index (χ1) is 44.4. The van der Waals surface area contributed by atoms with E-state index < -0.39 is 12.0 Å². The average Bonchev–Trinajstić information content (AvgIpc) is 1.76. The fourth-order valence-corrected chi connectivity index (χ4v) is 12.6. The van der Waals surface area contributed by atoms with E-state index in [0.717, 1.165) is 53.0 Å². The van der Waals surface area contributed by atoms with E-state index in [0.29, 0.717) is 120 Å². The largest absolute Gasteiger partial charge is 0.504 e. The highest BCUT2D eigenvalue weighted by Crippen LogP contribution is 2.44. The molecule has 7 aromatic rings. The van der Waals surface area contributed by atoms with Gasteiger partial charge in [-0.15, -0.1) is 22.0 Å². The molecule has 0 saturated carbocycles. The number of unbranched alkanes of at least 4 members (excludes halogenated alkanes) is 3. The number of amides is 4. The summed E-state index contributed by atoms with van der Waals surface area (Å²) in [6.07, 6.45) is 5.06. The Morgan fingerprint density at radius 1 is 0.747 bits per heavy atom. The molecule has 2 unspecified atom stereocenters. The molecule has 486 valence electrons. The highest BCUT2D eigenvalue weighted by atomic mass is 32.5. The van der Waals surface area contributed by atoms with Crippen molar-refractivity contribution in [2.24, 2.45) is 0 Å². The number of phenols is 1. The van der Waals surface area contributed by atoms with E-state index in [2.05, 4.69) is 25.9 Å². The Morgan fingerprint density at radius 3 is 2.18 bits per heavy atom. The van der Waals surface area contributed by atoms with Crippen LogP contribution in [0.4, 0.5) is 5.69 Å². The lowest BCUT2D eigenvalue weighted by atomic mass is 9.95. The number of rotatable bonds is 39. The first-order valence-corrected chi connectivity index (χ1v) is 34.0. The Balaban J connectivity index is 0.614. The topological polar surface area (TPSA) is 293 Å². The maximum atomic E-state index is 14.1. The minimum absolute atomic E-state index is 0.00442. The van der Waals surface area contributed by atoms with Gasteiger partial charge in [0.1, 0.15) is 23.8 Å². The molecule has 1 saturated heterocycles. The maximum Gasteiger partial charge on any atom is 0.324 e. The van der Waals surface area contributed by atoms with E-state index in [9.17, 15) is 34.0 Å². The number of carbonyl (C=O) groups is 4. The Morgan fingerprint density at radius 2 is 1.43 bits per heavy atom. The third-order valence-corrected chi connectivity index (χ3v) is 17.7. The molecule has 25 nitrogen and oxygen atoms in total. The standard InChI is InChI=1S/C63H76N9O16PS2/c1-2-86-89(79,90)87-28-12-3-4-13-39-91-55-41-58(77)70(63(55)78)25-23-56(75)64-24-22-57(76)71-42-46-16-8-9-17-48(46)60-59(49-18-10-11-19-51(49)71)66-68-72(60)27-30-81-32-34-83-36-38-84-37-35-82-33-31-80-29-26-69-43-47(65-67-69)44-85-62-52(73)21-20-50-53(74)40-54(88-61(50)62)45-14-6-5-7-15-45/h5-11,14-21,40,43,55,73H,2-4,12-13,22-39,41-42,44H2,1H3,(H,64,75)(H,79,90). The van der Waals surface area contributed by atoms with Crippen molar-refractivity contribution in [3.05, 3.63) is 125 Å². The number of ether oxygens (including phenoxy) is 6. The second kappa shape index (κ2) is 35.0. The number of fused-ring (bicyclic) bond motifs is 6. The monoisotopic (exact) mass is 1310 g/mol. The molecular weight excluding hydrogens is 1230 g/mol. The van der Waals surface area contributed by atoms with Crippen molar-refractivity contribution >= 4 is 70.6 Å². The van der Waals surface area contributed by atoms with Crippen molar-refractivity contribution in [2.75, 3.05) is 103 Å². The van der Waals surface area contributed by atoms with Crippen LogP contribution in [0.3, 0.4) is 0 Å². The molecule has 4 aromatic carbocycles. The van der Waals surface area contributed by atoms with E-state index in [1.54, 1.807) is 22.7 Å². The van der Waals surface area contributed by atoms with E-state index in [1.165, 1.54) is 30.0 Å². The van der Waals surface area contributed by atoms with Crippen LogP contribution in [0, 0.1) is 0 Å². The summed E-state index contributed by atoms with van der Waals surface area (Å²) in [7, 11) is 0. The van der Waals surface area contributed by atoms with Crippen LogP contribution in [0.25, 0.3) is 44.8 Å². The molecule has 4 amide bonds. The fourth-order valence-electron chi connectivity index (χ4n) is 10.1. The smallest absolute Gasteiger partial charge is 0.324 e. The number of imide groups is 1. The fraction of sp³-hybridized carbons (Fsp3) is 0.444. The third-order valence-electron chi connectivity index (χ3n) is 14.7. The number of thioether (sulfide) groups is 1. The van der Waals surface area contributed by atoms with Crippen LogP contribution < -0.4 is 20.4 Å². The number of aromatic hydroxyl groups is 1. The predicted molar refractivity (Wildman–Crippen MR) is 342 cm³/mol. The van der Waals surface area contributed by atoms with Crippen molar-refractivity contribution in [1.82, 2.24) is 40.2 Å². The highest BCUT2D eigenvalue weighted by molar-refractivity contribution is 8.07. The second-order valence-corrected chi connectivity index (χ2v) is 25.2. The summed E-state index contributed by atoms with van der Waals surface area (Å²) in [6, 6.07) is 28.9. The van der Waals surface area contributed by atoms with E-state index in [-0.39, 0.29) is 104 Å². The zero-order valence-corrected chi connectivity index (χ0v) is 53.3. The lowest BCUT2D eigenvalue weighted by molar-refractivity contribution is -0.138. The zero-order chi connectivity index (χ0) is 63.8. The summed E-state index contributed by atoms with van der Waals surface area (Å²) in [5.41, 5.74) is 5.67. The molecule has 0 bridgehead atoms. The number of likely N-dealkylation sites (tertiary alicyclic amines) is 1. The van der Waals surface area contributed by atoms with Gasteiger partial charge in [0.25, 0.3) is 0 Å². The number of phenolic OH excluding ortho intramolecular Hbond substituents is 1. The summed E-state index contributed by atoms with van der Waals surface area (Å²) in [6.45, 7) is 4.08. The Hall–Kier alpha value is -7.27. The molecule has 1 fully saturated rings. The Labute approximate surface area is 535 Å². The lowest BCUT2D eigenvalue weighted by Crippen LogP contribution is -2.37. The summed E-state index contributed by atoms with van der Waals surface area (Å²) < 4.78 is 54.4. The van der Waals surface area contributed by atoms with Crippen LogP contribution in [0.2, 0.25) is 0 Å². The van der Waals surface area contributed by atoms with Crippen LogP contribution in [-0.2, 0) is 90.0 Å². The van der Waals surface area contributed by atoms with Gasteiger partial charge >= 0.3 is 6.72 Å². The number of hydrogen-bond donors (Lipinski definition) is 3. The summed E-state index contributed by atoms with van der Waals surface area (Å²) in [4.78, 5) is 78.7. The molecular formula is C63H76N9O16PS2. The lowest BCUT2D eigenvalue weighted by Gasteiger charge is -2.28. The van der Waals surface area contributed by atoms with Crippen LogP contribution in [0.15, 0.2) is 112 Å². The van der Waals surface area contributed by atoms with Gasteiger partial charge in [0, 0.05) is 55.1 Å².